The molecule has 28 heavy (non-hydrogen) atoms. The number of fused-ring (bicyclic) bond motifs is 1. The molecule has 0 radical (unpaired) electrons. The summed E-state index contributed by atoms with van der Waals surface area (Å²) in [6.45, 7) is 8.55. The number of benzene rings is 2. The highest BCUT2D eigenvalue weighted by atomic mass is 16.8. The first-order valence-corrected chi connectivity index (χ1v) is 9.79. The first kappa shape index (κ1) is 19.6. The Kier molecular flexibility index (Phi) is 5.54. The lowest BCUT2D eigenvalue weighted by Crippen LogP contribution is -2.55. The predicted molar refractivity (Wildman–Crippen MR) is 105 cm³/mol. The van der Waals surface area contributed by atoms with Crippen molar-refractivity contribution in [1.29, 1.82) is 0 Å². The number of hydrogen-bond acceptors (Lipinski definition) is 5. The number of aryl methyl sites for hydroxylation is 4. The summed E-state index contributed by atoms with van der Waals surface area (Å²) in [4.78, 5) is 0. The van der Waals surface area contributed by atoms with E-state index in [9.17, 15) is 5.11 Å². The minimum absolute atomic E-state index is 0.133. The molecule has 0 bridgehead atoms. The average Bonchev–Trinajstić information content (AvgIpc) is 2.70. The number of hydrogen-bond donors (Lipinski definition) is 1. The smallest absolute Gasteiger partial charge is 0.184 e. The van der Waals surface area contributed by atoms with Gasteiger partial charge in [-0.05, 0) is 49.9 Å². The first-order chi connectivity index (χ1) is 13.5. The van der Waals surface area contributed by atoms with E-state index in [4.69, 9.17) is 18.9 Å². The Bertz CT molecular complexity index is 841. The van der Waals surface area contributed by atoms with Crippen molar-refractivity contribution in [2.45, 2.75) is 58.6 Å². The highest BCUT2D eigenvalue weighted by molar-refractivity contribution is 5.32. The number of rotatable bonds is 3. The van der Waals surface area contributed by atoms with Gasteiger partial charge >= 0.3 is 0 Å². The molecule has 150 valence electrons. The summed E-state index contributed by atoms with van der Waals surface area (Å²) in [5.74, 6) is 0. The zero-order chi connectivity index (χ0) is 19.8. The highest BCUT2D eigenvalue weighted by Gasteiger charge is 2.45. The van der Waals surface area contributed by atoms with Crippen molar-refractivity contribution >= 4 is 0 Å². The van der Waals surface area contributed by atoms with Crippen LogP contribution in [0.15, 0.2) is 36.4 Å². The monoisotopic (exact) mass is 384 g/mol. The highest BCUT2D eigenvalue weighted by Crippen LogP contribution is 2.38. The molecule has 5 nitrogen and oxygen atoms in total. The topological polar surface area (TPSA) is 57.2 Å². The zero-order valence-corrected chi connectivity index (χ0v) is 16.8. The van der Waals surface area contributed by atoms with Crippen molar-refractivity contribution in [2.75, 3.05) is 13.2 Å². The van der Waals surface area contributed by atoms with E-state index in [1.54, 1.807) is 0 Å². The summed E-state index contributed by atoms with van der Waals surface area (Å²) in [7, 11) is 0. The Labute approximate surface area is 166 Å². The van der Waals surface area contributed by atoms with Crippen molar-refractivity contribution in [3.8, 4) is 0 Å². The van der Waals surface area contributed by atoms with Crippen molar-refractivity contribution in [3.63, 3.8) is 0 Å². The van der Waals surface area contributed by atoms with Crippen LogP contribution in [0.25, 0.3) is 0 Å². The third-order valence-electron chi connectivity index (χ3n) is 5.81. The van der Waals surface area contributed by atoms with E-state index in [1.165, 1.54) is 22.3 Å². The molecule has 0 unspecified atom stereocenters. The van der Waals surface area contributed by atoms with Crippen molar-refractivity contribution < 1.29 is 24.1 Å². The SMILES string of the molecule is Cc1ccc([C@@H]2O[C@H]3CO[C@H](c4ccc(C)c(C)c4)O[C@H]3[C@@H](CO)O2)cc1C. The van der Waals surface area contributed by atoms with Crippen LogP contribution in [-0.2, 0) is 18.9 Å². The van der Waals surface area contributed by atoms with Gasteiger partial charge in [0.25, 0.3) is 0 Å². The molecule has 2 aromatic carbocycles. The molecular weight excluding hydrogens is 356 g/mol. The second kappa shape index (κ2) is 7.93. The van der Waals surface area contributed by atoms with Crippen LogP contribution in [0.5, 0.6) is 0 Å². The summed E-state index contributed by atoms with van der Waals surface area (Å²) >= 11 is 0. The second-order valence-corrected chi connectivity index (χ2v) is 7.82. The van der Waals surface area contributed by atoms with Gasteiger partial charge < -0.3 is 24.1 Å². The van der Waals surface area contributed by atoms with Crippen LogP contribution >= 0.6 is 0 Å². The van der Waals surface area contributed by atoms with Gasteiger partial charge in [-0.2, -0.15) is 0 Å². The maximum absolute atomic E-state index is 9.93. The first-order valence-electron chi connectivity index (χ1n) is 9.79. The lowest BCUT2D eigenvalue weighted by molar-refractivity contribution is -0.366. The van der Waals surface area contributed by atoms with Crippen LogP contribution < -0.4 is 0 Å². The normalized spacial score (nSPS) is 30.1. The molecule has 0 aromatic heterocycles. The van der Waals surface area contributed by atoms with Gasteiger partial charge in [0.15, 0.2) is 12.6 Å². The van der Waals surface area contributed by atoms with Crippen molar-refractivity contribution in [1.82, 2.24) is 0 Å². The molecule has 4 rings (SSSR count). The van der Waals surface area contributed by atoms with Gasteiger partial charge in [0.05, 0.1) is 13.2 Å². The molecular formula is C23H28O5. The maximum atomic E-state index is 9.93. The van der Waals surface area contributed by atoms with E-state index < -0.39 is 18.7 Å². The zero-order valence-electron chi connectivity index (χ0n) is 16.8. The van der Waals surface area contributed by atoms with Gasteiger partial charge in [-0.15, -0.1) is 0 Å². The molecule has 5 heteroatoms. The molecule has 0 amide bonds. The van der Waals surface area contributed by atoms with Crippen LogP contribution in [0.1, 0.15) is 46.0 Å². The summed E-state index contributed by atoms with van der Waals surface area (Å²) in [5.41, 5.74) is 6.73. The summed E-state index contributed by atoms with van der Waals surface area (Å²) in [5, 5.41) is 9.93. The Morgan fingerprint density at radius 3 is 1.96 bits per heavy atom. The van der Waals surface area contributed by atoms with Gasteiger partial charge in [0.2, 0.25) is 0 Å². The second-order valence-electron chi connectivity index (χ2n) is 7.82. The Hall–Kier alpha value is -1.76. The molecule has 0 spiro atoms. The fourth-order valence-corrected chi connectivity index (χ4v) is 3.72. The fraction of sp³-hybridized carbons (Fsp3) is 0.478. The number of aliphatic hydroxyl groups is 1. The van der Waals surface area contributed by atoms with Crippen molar-refractivity contribution in [3.05, 3.63) is 69.8 Å². The van der Waals surface area contributed by atoms with Gasteiger partial charge in [0.1, 0.15) is 18.3 Å². The van der Waals surface area contributed by atoms with Crippen LogP contribution in [0.4, 0.5) is 0 Å². The molecule has 2 heterocycles. The lowest BCUT2D eigenvalue weighted by atomic mass is 10.0. The van der Waals surface area contributed by atoms with Crippen LogP contribution in [0.2, 0.25) is 0 Å². The molecule has 2 aromatic rings. The standard InChI is InChI=1S/C23H28O5/c1-13-5-7-17(9-15(13)3)22-25-12-20-21(28-22)19(11-24)26-23(27-20)18-8-6-14(2)16(4)10-18/h5-10,19-24H,11-12H2,1-4H3/t19-,20+,21+,22+,23+/m1/s1. The minimum Gasteiger partial charge on any atom is -0.394 e. The Morgan fingerprint density at radius 1 is 0.786 bits per heavy atom. The van der Waals surface area contributed by atoms with Crippen LogP contribution in [-0.4, -0.2) is 36.6 Å². The predicted octanol–water partition coefficient (Wildman–Crippen LogP) is 3.81. The fourth-order valence-electron chi connectivity index (χ4n) is 3.72. The summed E-state index contributed by atoms with van der Waals surface area (Å²) in [6, 6.07) is 12.3. The van der Waals surface area contributed by atoms with Crippen LogP contribution in [0, 0.1) is 27.7 Å². The third kappa shape index (κ3) is 3.73. The minimum atomic E-state index is -0.539. The van der Waals surface area contributed by atoms with E-state index in [0.717, 1.165) is 11.1 Å². The Morgan fingerprint density at radius 2 is 1.39 bits per heavy atom. The Balaban J connectivity index is 1.52. The van der Waals surface area contributed by atoms with Crippen molar-refractivity contribution in [2.24, 2.45) is 0 Å². The molecule has 2 aliphatic rings. The number of ether oxygens (including phenoxy) is 4. The van der Waals surface area contributed by atoms with Gasteiger partial charge in [-0.1, -0.05) is 36.4 Å². The summed E-state index contributed by atoms with van der Waals surface area (Å²) in [6.07, 6.45) is -2.17. The summed E-state index contributed by atoms with van der Waals surface area (Å²) < 4.78 is 24.3. The average molecular weight is 384 g/mol. The van der Waals surface area contributed by atoms with Crippen LogP contribution in [0.3, 0.4) is 0 Å². The largest absolute Gasteiger partial charge is 0.394 e. The molecule has 5 atom stereocenters. The molecule has 2 aliphatic heterocycles. The van der Waals surface area contributed by atoms with Gasteiger partial charge in [0, 0.05) is 11.1 Å². The molecule has 2 saturated heterocycles. The molecule has 0 saturated carbocycles. The van der Waals surface area contributed by atoms with E-state index in [0.29, 0.717) is 6.61 Å². The van der Waals surface area contributed by atoms with E-state index in [1.807, 2.05) is 12.1 Å². The molecule has 2 fully saturated rings. The molecule has 0 aliphatic carbocycles. The van der Waals surface area contributed by atoms with Gasteiger partial charge in [-0.3, -0.25) is 0 Å². The van der Waals surface area contributed by atoms with E-state index >= 15 is 0 Å². The molecule has 1 N–H and O–H groups in total. The quantitative estimate of drug-likeness (QED) is 0.872. The maximum Gasteiger partial charge on any atom is 0.184 e. The van der Waals surface area contributed by atoms with E-state index in [-0.39, 0.29) is 18.8 Å². The van der Waals surface area contributed by atoms with Gasteiger partial charge in [-0.25, -0.2) is 0 Å². The third-order valence-corrected chi connectivity index (χ3v) is 5.81. The van der Waals surface area contributed by atoms with E-state index in [2.05, 4.69) is 52.0 Å². The number of aliphatic hydroxyl groups excluding tert-OH is 1. The lowest BCUT2D eigenvalue weighted by Gasteiger charge is -2.45.